The lowest BCUT2D eigenvalue weighted by Gasteiger charge is -2.38. The van der Waals surface area contributed by atoms with Gasteiger partial charge in [-0.25, -0.2) is 9.78 Å². The van der Waals surface area contributed by atoms with Crippen LogP contribution >= 0.6 is 0 Å². The van der Waals surface area contributed by atoms with Crippen molar-refractivity contribution in [3.05, 3.63) is 47.5 Å². The van der Waals surface area contributed by atoms with Crippen LogP contribution in [0.5, 0.6) is 5.75 Å². The summed E-state index contributed by atoms with van der Waals surface area (Å²) in [5.41, 5.74) is 1.25. The molecule has 1 aromatic carbocycles. The first-order valence-electron chi connectivity index (χ1n) is 10.3. The fourth-order valence-electron chi connectivity index (χ4n) is 3.78. The molecule has 0 saturated carbocycles. The zero-order valence-corrected chi connectivity index (χ0v) is 17.9. The molecule has 6 nitrogen and oxygen atoms in total. The van der Waals surface area contributed by atoms with Gasteiger partial charge in [-0.2, -0.15) is 8.78 Å². The number of halogens is 2. The molecule has 0 saturated heterocycles. The zero-order valence-electron chi connectivity index (χ0n) is 17.9. The summed E-state index contributed by atoms with van der Waals surface area (Å²) in [5.74, 6) is 1.12. The van der Waals surface area contributed by atoms with Gasteiger partial charge < -0.3 is 14.0 Å². The van der Waals surface area contributed by atoms with Gasteiger partial charge >= 0.3 is 12.7 Å². The second kappa shape index (κ2) is 9.02. The van der Waals surface area contributed by atoms with Gasteiger partial charge in [-0.05, 0) is 51.3 Å². The van der Waals surface area contributed by atoms with Crippen LogP contribution in [0.25, 0.3) is 0 Å². The number of nitrogens with zero attached hydrogens (tertiary/aromatic N) is 3. The highest BCUT2D eigenvalue weighted by Crippen LogP contribution is 2.32. The fraction of sp³-hybridized carbons (Fsp3) is 0.545. The molecule has 0 spiro atoms. The SMILES string of the molecule is CCc1ncc2n1CCN(C(=O)OC(C)(C)C)C2CCc1cccc(OC(F)F)c1. The predicted molar refractivity (Wildman–Crippen MR) is 109 cm³/mol. The van der Waals surface area contributed by atoms with Crippen molar-refractivity contribution in [2.24, 2.45) is 0 Å². The van der Waals surface area contributed by atoms with Crippen LogP contribution in [-0.2, 0) is 24.1 Å². The van der Waals surface area contributed by atoms with Gasteiger partial charge in [0.15, 0.2) is 0 Å². The van der Waals surface area contributed by atoms with E-state index in [0.29, 0.717) is 25.9 Å². The van der Waals surface area contributed by atoms with E-state index in [1.165, 1.54) is 6.07 Å². The van der Waals surface area contributed by atoms with Gasteiger partial charge in [-0.15, -0.1) is 0 Å². The Morgan fingerprint density at radius 3 is 2.73 bits per heavy atom. The van der Waals surface area contributed by atoms with Crippen molar-refractivity contribution in [3.63, 3.8) is 0 Å². The van der Waals surface area contributed by atoms with Crippen LogP contribution < -0.4 is 4.74 Å². The maximum atomic E-state index is 12.9. The van der Waals surface area contributed by atoms with Crippen molar-refractivity contribution in [2.75, 3.05) is 6.54 Å². The molecular formula is C22H29F2N3O3. The number of aryl methyl sites for hydroxylation is 2. The number of carbonyl (C=O) groups is 1. The van der Waals surface area contributed by atoms with Gasteiger partial charge in [0.1, 0.15) is 17.2 Å². The van der Waals surface area contributed by atoms with Crippen molar-refractivity contribution in [1.29, 1.82) is 0 Å². The molecule has 1 amide bonds. The van der Waals surface area contributed by atoms with E-state index >= 15 is 0 Å². The van der Waals surface area contributed by atoms with E-state index in [-0.39, 0.29) is 17.9 Å². The average molecular weight is 421 g/mol. The van der Waals surface area contributed by atoms with Gasteiger partial charge in [0.2, 0.25) is 0 Å². The highest BCUT2D eigenvalue weighted by molar-refractivity contribution is 5.69. The van der Waals surface area contributed by atoms with Crippen molar-refractivity contribution < 1.29 is 23.0 Å². The number of ether oxygens (including phenoxy) is 2. The molecule has 3 rings (SSSR count). The second-order valence-corrected chi connectivity index (χ2v) is 8.36. The molecule has 1 aliphatic heterocycles. The zero-order chi connectivity index (χ0) is 21.9. The third kappa shape index (κ3) is 5.29. The molecule has 164 valence electrons. The van der Waals surface area contributed by atoms with E-state index in [2.05, 4.69) is 21.2 Å². The molecule has 0 N–H and O–H groups in total. The molecule has 1 aromatic heterocycles. The first kappa shape index (κ1) is 22.1. The number of alkyl halides is 2. The number of hydrogen-bond acceptors (Lipinski definition) is 4. The Bertz CT molecular complexity index is 877. The largest absolute Gasteiger partial charge is 0.444 e. The summed E-state index contributed by atoms with van der Waals surface area (Å²) >= 11 is 0. The minimum Gasteiger partial charge on any atom is -0.444 e. The molecule has 2 aromatic rings. The van der Waals surface area contributed by atoms with Crippen LogP contribution in [0.15, 0.2) is 30.5 Å². The van der Waals surface area contributed by atoms with E-state index < -0.39 is 12.2 Å². The van der Waals surface area contributed by atoms with Gasteiger partial charge in [0.25, 0.3) is 0 Å². The number of benzene rings is 1. The Morgan fingerprint density at radius 1 is 1.30 bits per heavy atom. The third-order valence-corrected chi connectivity index (χ3v) is 5.03. The Balaban J connectivity index is 1.82. The summed E-state index contributed by atoms with van der Waals surface area (Å²) in [6, 6.07) is 6.47. The van der Waals surface area contributed by atoms with Crippen LogP contribution in [-0.4, -0.2) is 39.3 Å². The summed E-state index contributed by atoms with van der Waals surface area (Å²) in [6.07, 6.45) is 3.50. The van der Waals surface area contributed by atoms with Gasteiger partial charge in [-0.1, -0.05) is 19.1 Å². The second-order valence-electron chi connectivity index (χ2n) is 8.36. The number of hydrogen-bond donors (Lipinski definition) is 0. The number of aromatic nitrogens is 2. The van der Waals surface area contributed by atoms with E-state index in [9.17, 15) is 13.6 Å². The monoisotopic (exact) mass is 421 g/mol. The number of fused-ring (bicyclic) bond motifs is 1. The molecule has 1 atom stereocenters. The lowest BCUT2D eigenvalue weighted by atomic mass is 10.0. The topological polar surface area (TPSA) is 56.6 Å². The standard InChI is InChI=1S/C22H29F2N3O3/c1-5-19-25-14-18-17(10-9-15-7-6-8-16(13-15)29-20(23)24)27(12-11-26(18)19)21(28)30-22(2,3)4/h6-8,13-14,17,20H,5,9-12H2,1-4H3. The van der Waals surface area contributed by atoms with E-state index in [1.807, 2.05) is 33.0 Å². The van der Waals surface area contributed by atoms with Gasteiger partial charge in [0.05, 0.1) is 17.9 Å². The number of amides is 1. The van der Waals surface area contributed by atoms with Crippen molar-refractivity contribution in [2.45, 2.75) is 71.8 Å². The molecule has 1 aliphatic rings. The molecule has 2 heterocycles. The smallest absolute Gasteiger partial charge is 0.410 e. The Morgan fingerprint density at radius 2 is 2.07 bits per heavy atom. The highest BCUT2D eigenvalue weighted by Gasteiger charge is 2.34. The van der Waals surface area contributed by atoms with E-state index in [1.54, 1.807) is 17.0 Å². The van der Waals surface area contributed by atoms with Gasteiger partial charge in [0, 0.05) is 19.5 Å². The molecular weight excluding hydrogens is 392 g/mol. The Hall–Kier alpha value is -2.64. The number of imidazole rings is 1. The summed E-state index contributed by atoms with van der Waals surface area (Å²) in [6.45, 7) is 5.94. The maximum Gasteiger partial charge on any atom is 0.410 e. The summed E-state index contributed by atoms with van der Waals surface area (Å²) in [7, 11) is 0. The summed E-state index contributed by atoms with van der Waals surface area (Å²) < 4.78 is 37.3. The number of carbonyl (C=O) groups excluding carboxylic acids is 1. The van der Waals surface area contributed by atoms with E-state index in [4.69, 9.17) is 4.74 Å². The third-order valence-electron chi connectivity index (χ3n) is 5.03. The molecule has 0 aliphatic carbocycles. The lowest BCUT2D eigenvalue weighted by molar-refractivity contribution is -0.0499. The highest BCUT2D eigenvalue weighted by atomic mass is 19.3. The quantitative estimate of drug-likeness (QED) is 0.661. The van der Waals surface area contributed by atoms with Gasteiger partial charge in [-0.3, -0.25) is 4.90 Å². The van der Waals surface area contributed by atoms with Crippen molar-refractivity contribution in [1.82, 2.24) is 14.5 Å². The molecule has 0 radical (unpaired) electrons. The molecule has 0 bridgehead atoms. The fourth-order valence-corrected chi connectivity index (χ4v) is 3.78. The first-order valence-corrected chi connectivity index (χ1v) is 10.3. The van der Waals surface area contributed by atoms with Crippen LogP contribution in [0, 0.1) is 0 Å². The first-order chi connectivity index (χ1) is 14.2. The lowest BCUT2D eigenvalue weighted by Crippen LogP contribution is -2.44. The van der Waals surface area contributed by atoms with E-state index in [0.717, 1.165) is 23.5 Å². The van der Waals surface area contributed by atoms with Crippen LogP contribution in [0.1, 0.15) is 57.2 Å². The molecule has 0 fully saturated rings. The normalized spacial score (nSPS) is 16.5. The minimum atomic E-state index is -2.86. The Kier molecular flexibility index (Phi) is 6.63. The predicted octanol–water partition coefficient (Wildman–Crippen LogP) is 4.97. The van der Waals surface area contributed by atoms with Crippen LogP contribution in [0.3, 0.4) is 0 Å². The summed E-state index contributed by atoms with van der Waals surface area (Å²) in [5, 5.41) is 0. The molecule has 8 heteroatoms. The molecule has 1 unspecified atom stereocenters. The average Bonchev–Trinajstić information content (AvgIpc) is 3.07. The molecule has 30 heavy (non-hydrogen) atoms. The number of rotatable bonds is 6. The van der Waals surface area contributed by atoms with Crippen LogP contribution in [0.4, 0.5) is 13.6 Å². The van der Waals surface area contributed by atoms with Crippen molar-refractivity contribution >= 4 is 6.09 Å². The van der Waals surface area contributed by atoms with Crippen LogP contribution in [0.2, 0.25) is 0 Å². The van der Waals surface area contributed by atoms with Crippen molar-refractivity contribution in [3.8, 4) is 5.75 Å². The minimum absolute atomic E-state index is 0.133. The maximum absolute atomic E-state index is 12.9. The summed E-state index contributed by atoms with van der Waals surface area (Å²) in [4.78, 5) is 19.1. The Labute approximate surface area is 175 Å².